The van der Waals surface area contributed by atoms with Crippen LogP contribution in [0.1, 0.15) is 38.0 Å². The van der Waals surface area contributed by atoms with Crippen LogP contribution in [0.4, 0.5) is 5.69 Å². The minimum atomic E-state index is -0.276. The summed E-state index contributed by atoms with van der Waals surface area (Å²) in [6.45, 7) is 5.55. The Labute approximate surface area is 176 Å². The van der Waals surface area contributed by atoms with Gasteiger partial charge in [0, 0.05) is 23.2 Å². The van der Waals surface area contributed by atoms with Crippen molar-refractivity contribution in [3.8, 4) is 11.5 Å². The quantitative estimate of drug-likeness (QED) is 0.639. The lowest BCUT2D eigenvalue weighted by molar-refractivity contribution is -0.122. The van der Waals surface area contributed by atoms with Gasteiger partial charge in [0.1, 0.15) is 6.04 Å². The fourth-order valence-electron chi connectivity index (χ4n) is 3.17. The van der Waals surface area contributed by atoms with Crippen molar-refractivity contribution in [3.05, 3.63) is 40.6 Å². The first-order valence-electron chi connectivity index (χ1n) is 10.0. The van der Waals surface area contributed by atoms with E-state index in [1.807, 2.05) is 46.9 Å². The Morgan fingerprint density at radius 1 is 1.34 bits per heavy atom. The molecule has 0 aliphatic carbocycles. The first-order valence-corrected chi connectivity index (χ1v) is 10.9. The normalized spacial score (nSPS) is 17.0. The topological polar surface area (TPSA) is 63.2 Å². The van der Waals surface area contributed by atoms with Gasteiger partial charge >= 0.3 is 0 Å². The summed E-state index contributed by atoms with van der Waals surface area (Å²) in [6, 6.07) is 9.21. The fraction of sp³-hybridized carbons (Fsp3) is 0.455. The predicted molar refractivity (Wildman–Crippen MR) is 118 cm³/mol. The molecule has 29 heavy (non-hydrogen) atoms. The molecule has 1 N–H and O–H groups in total. The van der Waals surface area contributed by atoms with Gasteiger partial charge in [0.05, 0.1) is 19.9 Å². The number of thiophene rings is 1. The maximum Gasteiger partial charge on any atom is 0.248 e. The fourth-order valence-corrected chi connectivity index (χ4v) is 3.75. The smallest absolute Gasteiger partial charge is 0.248 e. The van der Waals surface area contributed by atoms with Crippen LogP contribution in [0.15, 0.2) is 40.8 Å². The highest BCUT2D eigenvalue weighted by atomic mass is 32.1. The number of hydrogen-bond acceptors (Lipinski definition) is 6. The number of benzene rings is 1. The van der Waals surface area contributed by atoms with E-state index in [0.29, 0.717) is 29.7 Å². The van der Waals surface area contributed by atoms with Crippen LogP contribution in [-0.4, -0.2) is 43.4 Å². The third kappa shape index (κ3) is 5.97. The van der Waals surface area contributed by atoms with Crippen molar-refractivity contribution < 1.29 is 14.3 Å². The molecule has 1 unspecified atom stereocenters. The zero-order valence-corrected chi connectivity index (χ0v) is 18.1. The van der Waals surface area contributed by atoms with E-state index in [1.54, 1.807) is 18.4 Å². The monoisotopic (exact) mass is 415 g/mol. The maximum absolute atomic E-state index is 13.0. The van der Waals surface area contributed by atoms with E-state index in [1.165, 1.54) is 0 Å². The number of ether oxygens (including phenoxy) is 2. The summed E-state index contributed by atoms with van der Waals surface area (Å²) in [5, 5.41) is 11.5. The van der Waals surface area contributed by atoms with E-state index in [2.05, 4.69) is 24.3 Å². The van der Waals surface area contributed by atoms with Gasteiger partial charge in [-0.1, -0.05) is 19.9 Å². The van der Waals surface area contributed by atoms with Crippen molar-refractivity contribution >= 4 is 29.1 Å². The largest absolute Gasteiger partial charge is 0.493 e. The molecule has 3 rings (SSSR count). The molecule has 1 aromatic heterocycles. The molecule has 1 atom stereocenters. The summed E-state index contributed by atoms with van der Waals surface area (Å²) in [7, 11) is 1.61. The number of piperidine rings is 1. The Balaban J connectivity index is 1.69. The van der Waals surface area contributed by atoms with E-state index in [9.17, 15) is 4.79 Å². The van der Waals surface area contributed by atoms with Crippen molar-refractivity contribution in [2.45, 2.75) is 39.2 Å². The molecule has 1 aromatic carbocycles. The SMILES string of the molecule is COc1ccc(NC(=O)C2CCCCN2/N=C/c2cccs2)cc1OCC(C)C. The van der Waals surface area contributed by atoms with Crippen LogP contribution in [0.5, 0.6) is 11.5 Å². The first-order chi connectivity index (χ1) is 14.1. The number of nitrogens with one attached hydrogen (secondary N) is 1. The van der Waals surface area contributed by atoms with Crippen LogP contribution < -0.4 is 14.8 Å². The number of rotatable bonds is 8. The number of anilines is 1. The molecule has 2 aromatic rings. The summed E-state index contributed by atoms with van der Waals surface area (Å²) in [5.41, 5.74) is 0.697. The number of hydrazone groups is 1. The van der Waals surface area contributed by atoms with Crippen LogP contribution in [-0.2, 0) is 4.79 Å². The van der Waals surface area contributed by atoms with E-state index in [0.717, 1.165) is 30.7 Å². The number of methoxy groups -OCH3 is 1. The zero-order valence-electron chi connectivity index (χ0n) is 17.3. The summed E-state index contributed by atoms with van der Waals surface area (Å²) in [4.78, 5) is 14.1. The standard InChI is InChI=1S/C22H29N3O3S/c1-16(2)15-28-21-13-17(9-10-20(21)27-3)24-22(26)19-8-4-5-11-25(19)23-14-18-7-6-12-29-18/h6-7,9-10,12-14,16,19H,4-5,8,11,15H2,1-3H3,(H,24,26)/b23-14+. The Hall–Kier alpha value is -2.54. The lowest BCUT2D eigenvalue weighted by Gasteiger charge is -2.32. The Kier molecular flexibility index (Phi) is 7.52. The van der Waals surface area contributed by atoms with Gasteiger partial charge in [0.15, 0.2) is 11.5 Å². The molecule has 1 saturated heterocycles. The van der Waals surface area contributed by atoms with Crippen molar-refractivity contribution in [2.75, 3.05) is 25.6 Å². The van der Waals surface area contributed by atoms with Crippen molar-refractivity contribution in [3.63, 3.8) is 0 Å². The zero-order chi connectivity index (χ0) is 20.6. The lowest BCUT2D eigenvalue weighted by atomic mass is 10.0. The highest BCUT2D eigenvalue weighted by molar-refractivity contribution is 7.11. The molecule has 6 nitrogen and oxygen atoms in total. The second-order valence-electron chi connectivity index (χ2n) is 7.49. The molecule has 0 spiro atoms. The molecule has 156 valence electrons. The minimum absolute atomic E-state index is 0.0481. The highest BCUT2D eigenvalue weighted by Crippen LogP contribution is 2.31. The number of amides is 1. The van der Waals surface area contributed by atoms with Crippen LogP contribution >= 0.6 is 11.3 Å². The van der Waals surface area contributed by atoms with Crippen LogP contribution in [0.25, 0.3) is 0 Å². The van der Waals surface area contributed by atoms with Gasteiger partial charge in [-0.15, -0.1) is 11.3 Å². The summed E-state index contributed by atoms with van der Waals surface area (Å²) in [6.07, 6.45) is 4.69. The molecule has 0 bridgehead atoms. The van der Waals surface area contributed by atoms with Gasteiger partial charge in [0.25, 0.3) is 0 Å². The van der Waals surface area contributed by atoms with Crippen molar-refractivity contribution in [1.29, 1.82) is 0 Å². The lowest BCUT2D eigenvalue weighted by Crippen LogP contribution is -2.44. The molecule has 0 saturated carbocycles. The third-order valence-electron chi connectivity index (χ3n) is 4.66. The molecule has 1 fully saturated rings. The van der Waals surface area contributed by atoms with Crippen molar-refractivity contribution in [2.24, 2.45) is 11.0 Å². The second-order valence-corrected chi connectivity index (χ2v) is 8.47. The van der Waals surface area contributed by atoms with E-state index in [4.69, 9.17) is 9.47 Å². The van der Waals surface area contributed by atoms with Gasteiger partial charge in [0.2, 0.25) is 5.91 Å². The summed E-state index contributed by atoms with van der Waals surface area (Å²) < 4.78 is 11.2. The van der Waals surface area contributed by atoms with Gasteiger partial charge in [-0.25, -0.2) is 0 Å². The van der Waals surface area contributed by atoms with Gasteiger partial charge in [-0.2, -0.15) is 5.10 Å². The average molecular weight is 416 g/mol. The molecular formula is C22H29N3O3S. The predicted octanol–water partition coefficient (Wildman–Crippen LogP) is 4.62. The van der Waals surface area contributed by atoms with Crippen LogP contribution in [0.3, 0.4) is 0 Å². The van der Waals surface area contributed by atoms with Crippen LogP contribution in [0.2, 0.25) is 0 Å². The Morgan fingerprint density at radius 3 is 2.93 bits per heavy atom. The Bertz CT molecular complexity index is 821. The van der Waals surface area contributed by atoms with Gasteiger partial charge in [-0.05, 0) is 48.8 Å². The van der Waals surface area contributed by atoms with Gasteiger partial charge < -0.3 is 14.8 Å². The number of nitrogens with zero attached hydrogens (tertiary/aromatic N) is 2. The van der Waals surface area contributed by atoms with E-state index in [-0.39, 0.29) is 11.9 Å². The van der Waals surface area contributed by atoms with Gasteiger partial charge in [-0.3, -0.25) is 9.80 Å². The molecule has 0 radical (unpaired) electrons. The molecule has 1 amide bonds. The van der Waals surface area contributed by atoms with E-state index < -0.39 is 0 Å². The number of carbonyl (C=O) groups is 1. The van der Waals surface area contributed by atoms with E-state index >= 15 is 0 Å². The molecule has 1 aliphatic rings. The second kappa shape index (κ2) is 10.3. The maximum atomic E-state index is 13.0. The molecular weight excluding hydrogens is 386 g/mol. The minimum Gasteiger partial charge on any atom is -0.493 e. The van der Waals surface area contributed by atoms with Crippen LogP contribution in [0, 0.1) is 5.92 Å². The van der Waals surface area contributed by atoms with Crippen molar-refractivity contribution in [1.82, 2.24) is 5.01 Å². The molecule has 7 heteroatoms. The first kappa shape index (κ1) is 21.2. The number of hydrogen-bond donors (Lipinski definition) is 1. The number of carbonyl (C=O) groups excluding carboxylic acids is 1. The third-order valence-corrected chi connectivity index (χ3v) is 5.46. The Morgan fingerprint density at radius 2 is 2.21 bits per heavy atom. The molecule has 2 heterocycles. The highest BCUT2D eigenvalue weighted by Gasteiger charge is 2.28. The summed E-state index contributed by atoms with van der Waals surface area (Å²) >= 11 is 1.63. The summed E-state index contributed by atoms with van der Waals surface area (Å²) in [5.74, 6) is 1.64. The molecule has 1 aliphatic heterocycles. The average Bonchev–Trinajstić information content (AvgIpc) is 3.24.